The lowest BCUT2D eigenvalue weighted by Gasteiger charge is -2.02. The van der Waals surface area contributed by atoms with Gasteiger partial charge in [0.25, 0.3) is 0 Å². The van der Waals surface area contributed by atoms with E-state index in [1.165, 1.54) is 6.92 Å². The standard InChI is InChI=1S/C5H5BrF4/c1-3(6)2-4(7)5(8,9)10/h2-3H,1H3/b4-2-. The topological polar surface area (TPSA) is 0 Å². The molecule has 0 saturated heterocycles. The number of allylic oxidation sites excluding steroid dienone is 2. The van der Waals surface area contributed by atoms with E-state index in [4.69, 9.17) is 0 Å². The average molecular weight is 221 g/mol. The van der Waals surface area contributed by atoms with Crippen LogP contribution in [-0.2, 0) is 0 Å². The molecule has 0 aliphatic carbocycles. The summed E-state index contributed by atoms with van der Waals surface area (Å²) in [6, 6.07) is 0. The van der Waals surface area contributed by atoms with Crippen LogP contribution in [-0.4, -0.2) is 11.0 Å². The van der Waals surface area contributed by atoms with E-state index >= 15 is 0 Å². The first-order chi connectivity index (χ1) is 4.34. The van der Waals surface area contributed by atoms with Gasteiger partial charge < -0.3 is 0 Å². The lowest BCUT2D eigenvalue weighted by Crippen LogP contribution is -2.08. The average Bonchev–Trinajstić information content (AvgIpc) is 1.60. The smallest absolute Gasteiger partial charge is 0.202 e. The maximum atomic E-state index is 11.9. The van der Waals surface area contributed by atoms with Crippen LogP contribution >= 0.6 is 15.9 Å². The second kappa shape index (κ2) is 3.37. The summed E-state index contributed by atoms with van der Waals surface area (Å²) in [6.45, 7) is 1.39. The van der Waals surface area contributed by atoms with Gasteiger partial charge in [-0.3, -0.25) is 0 Å². The Hall–Kier alpha value is -0.0600. The van der Waals surface area contributed by atoms with Crippen molar-refractivity contribution in [2.45, 2.75) is 17.9 Å². The lowest BCUT2D eigenvalue weighted by molar-refractivity contribution is -0.109. The number of halogens is 5. The van der Waals surface area contributed by atoms with Crippen LogP contribution in [0.5, 0.6) is 0 Å². The summed E-state index contributed by atoms with van der Waals surface area (Å²) >= 11 is 2.75. The maximum Gasteiger partial charge on any atom is 0.442 e. The summed E-state index contributed by atoms with van der Waals surface area (Å²) in [5, 5.41) is 0. The third-order valence-corrected chi connectivity index (χ3v) is 0.911. The molecule has 0 rings (SSSR count). The van der Waals surface area contributed by atoms with Gasteiger partial charge in [-0.05, 0) is 13.0 Å². The van der Waals surface area contributed by atoms with Crippen LogP contribution in [0.1, 0.15) is 6.92 Å². The predicted octanol–water partition coefficient (Wildman–Crippen LogP) is 3.19. The second-order valence-corrected chi connectivity index (χ2v) is 3.13. The van der Waals surface area contributed by atoms with Gasteiger partial charge in [0.1, 0.15) is 0 Å². The van der Waals surface area contributed by atoms with Gasteiger partial charge in [0.05, 0.1) is 0 Å². The molecule has 10 heavy (non-hydrogen) atoms. The van der Waals surface area contributed by atoms with Crippen molar-refractivity contribution < 1.29 is 17.6 Å². The van der Waals surface area contributed by atoms with E-state index in [0.717, 1.165) is 0 Å². The molecule has 0 bridgehead atoms. The second-order valence-electron chi connectivity index (χ2n) is 1.69. The molecule has 0 aromatic carbocycles. The Balaban J connectivity index is 4.20. The van der Waals surface area contributed by atoms with Crippen LogP contribution in [0.15, 0.2) is 11.9 Å². The summed E-state index contributed by atoms with van der Waals surface area (Å²) in [5.74, 6) is -2.06. The molecule has 0 aromatic rings. The molecule has 0 heterocycles. The van der Waals surface area contributed by atoms with Crippen LogP contribution in [0.2, 0.25) is 0 Å². The summed E-state index contributed by atoms with van der Waals surface area (Å²) in [7, 11) is 0. The van der Waals surface area contributed by atoms with Crippen molar-refractivity contribution in [3.8, 4) is 0 Å². The Kier molecular flexibility index (Phi) is 3.35. The van der Waals surface area contributed by atoms with Crippen molar-refractivity contribution in [1.82, 2.24) is 0 Å². The Bertz CT molecular complexity index is 135. The molecule has 5 heteroatoms. The highest BCUT2D eigenvalue weighted by atomic mass is 79.9. The Morgan fingerprint density at radius 3 is 2.00 bits per heavy atom. The summed E-state index contributed by atoms with van der Waals surface area (Å²) < 4.78 is 45.9. The molecule has 0 aliphatic heterocycles. The monoisotopic (exact) mass is 220 g/mol. The molecule has 0 amide bonds. The first kappa shape index (κ1) is 9.94. The fourth-order valence-electron chi connectivity index (χ4n) is 0.296. The van der Waals surface area contributed by atoms with Crippen LogP contribution in [0.3, 0.4) is 0 Å². The van der Waals surface area contributed by atoms with E-state index in [2.05, 4.69) is 15.9 Å². The SMILES string of the molecule is CC(Br)/C=C(\F)C(F)(F)F. The Labute approximate surface area is 64.0 Å². The first-order valence-corrected chi connectivity index (χ1v) is 3.34. The van der Waals surface area contributed by atoms with Crippen molar-refractivity contribution in [1.29, 1.82) is 0 Å². The van der Waals surface area contributed by atoms with Gasteiger partial charge in [-0.2, -0.15) is 13.2 Å². The number of hydrogen-bond donors (Lipinski definition) is 0. The molecule has 1 atom stereocenters. The molecule has 0 spiro atoms. The van der Waals surface area contributed by atoms with Crippen LogP contribution in [0.25, 0.3) is 0 Å². The van der Waals surface area contributed by atoms with Gasteiger partial charge in [0.15, 0.2) is 0 Å². The molecule has 0 aromatic heterocycles. The first-order valence-electron chi connectivity index (χ1n) is 2.42. The minimum atomic E-state index is -4.85. The van der Waals surface area contributed by atoms with Crippen LogP contribution in [0, 0.1) is 0 Å². The van der Waals surface area contributed by atoms with E-state index in [9.17, 15) is 17.6 Å². The zero-order valence-electron chi connectivity index (χ0n) is 5.04. The van der Waals surface area contributed by atoms with Gasteiger partial charge in [0.2, 0.25) is 5.83 Å². The van der Waals surface area contributed by atoms with Gasteiger partial charge in [-0.1, -0.05) is 15.9 Å². The highest BCUT2D eigenvalue weighted by Crippen LogP contribution is 2.27. The fraction of sp³-hybridized carbons (Fsp3) is 0.600. The Morgan fingerprint density at radius 1 is 1.50 bits per heavy atom. The van der Waals surface area contributed by atoms with Gasteiger partial charge in [-0.25, -0.2) is 4.39 Å². The van der Waals surface area contributed by atoms with Gasteiger partial charge in [-0.15, -0.1) is 0 Å². The summed E-state index contributed by atoms with van der Waals surface area (Å²) in [6.07, 6.45) is -4.39. The Morgan fingerprint density at radius 2 is 1.90 bits per heavy atom. The van der Waals surface area contributed by atoms with Crippen molar-refractivity contribution in [2.75, 3.05) is 0 Å². The molecular formula is C5H5BrF4. The predicted molar refractivity (Wildman–Crippen MR) is 33.6 cm³/mol. The van der Waals surface area contributed by atoms with Gasteiger partial charge in [0, 0.05) is 4.83 Å². The molecule has 0 N–H and O–H groups in total. The van der Waals surface area contributed by atoms with E-state index in [1.807, 2.05) is 0 Å². The van der Waals surface area contributed by atoms with Crippen molar-refractivity contribution in [3.63, 3.8) is 0 Å². The molecule has 1 unspecified atom stereocenters. The van der Waals surface area contributed by atoms with Crippen molar-refractivity contribution in [3.05, 3.63) is 11.9 Å². The third-order valence-electron chi connectivity index (χ3n) is 0.647. The number of rotatable bonds is 1. The van der Waals surface area contributed by atoms with Gasteiger partial charge >= 0.3 is 6.18 Å². The normalized spacial score (nSPS) is 17.2. The van der Waals surface area contributed by atoms with E-state index < -0.39 is 16.8 Å². The molecule has 0 nitrogen and oxygen atoms in total. The van der Waals surface area contributed by atoms with E-state index in [1.54, 1.807) is 0 Å². The molecule has 0 aliphatic rings. The maximum absolute atomic E-state index is 11.9. The van der Waals surface area contributed by atoms with E-state index in [-0.39, 0.29) is 0 Å². The largest absolute Gasteiger partial charge is 0.442 e. The third kappa shape index (κ3) is 3.87. The molecule has 0 radical (unpaired) electrons. The lowest BCUT2D eigenvalue weighted by atomic mass is 10.4. The molecule has 0 saturated carbocycles. The zero-order chi connectivity index (χ0) is 8.36. The van der Waals surface area contributed by atoms with E-state index in [0.29, 0.717) is 6.08 Å². The number of alkyl halides is 4. The summed E-state index contributed by atoms with van der Waals surface area (Å²) in [5.41, 5.74) is 0. The van der Waals surface area contributed by atoms with Crippen LogP contribution in [0.4, 0.5) is 17.6 Å². The number of hydrogen-bond acceptors (Lipinski definition) is 0. The quantitative estimate of drug-likeness (QED) is 0.471. The zero-order valence-corrected chi connectivity index (χ0v) is 6.63. The summed E-state index contributed by atoms with van der Waals surface area (Å²) in [4.78, 5) is -0.603. The molecular weight excluding hydrogens is 216 g/mol. The molecule has 0 fully saturated rings. The minimum absolute atomic E-state index is 0.458. The van der Waals surface area contributed by atoms with Crippen LogP contribution < -0.4 is 0 Å². The minimum Gasteiger partial charge on any atom is -0.202 e. The molecule has 60 valence electrons. The fourth-order valence-corrected chi connectivity index (χ4v) is 0.528. The highest BCUT2D eigenvalue weighted by Gasteiger charge is 2.34. The van der Waals surface area contributed by atoms with Crippen molar-refractivity contribution in [2.24, 2.45) is 0 Å². The highest BCUT2D eigenvalue weighted by molar-refractivity contribution is 9.09. The van der Waals surface area contributed by atoms with Crippen molar-refractivity contribution >= 4 is 15.9 Å².